The van der Waals surface area contributed by atoms with E-state index in [1.54, 1.807) is 149 Å². The minimum absolute atomic E-state index is 0. The third-order valence-corrected chi connectivity index (χ3v) is 114. The van der Waals surface area contributed by atoms with Gasteiger partial charge in [-0.05, 0) is 214 Å². The van der Waals surface area contributed by atoms with E-state index in [1.807, 2.05) is 0 Å². The maximum Gasteiger partial charge on any atom is 1.00 e. The first kappa shape index (κ1) is 87.3. The van der Waals surface area contributed by atoms with Crippen LogP contribution in [0.1, 0.15) is 218 Å². The van der Waals surface area contributed by atoms with Crippen molar-refractivity contribution in [3.63, 3.8) is 0 Å². The average Bonchev–Trinajstić information content (AvgIpc) is 1.55. The van der Waals surface area contributed by atoms with E-state index in [0.29, 0.717) is 11.1 Å². The van der Waals surface area contributed by atoms with Gasteiger partial charge in [0.05, 0.1) is 22.8 Å². The molecular weight excluding hydrogens is 1450 g/mol. The molecular formula is C84H143Cl3Li2Si8Zr+2. The van der Waals surface area contributed by atoms with Crippen LogP contribution in [0.15, 0.2) is 60.2 Å². The van der Waals surface area contributed by atoms with Gasteiger partial charge in [0.1, 0.15) is 6.90 Å². The minimum atomic E-state index is -1.58. The van der Waals surface area contributed by atoms with Crippen molar-refractivity contribution in [2.75, 3.05) is 0 Å². The van der Waals surface area contributed by atoms with Crippen LogP contribution in [0.5, 0.6) is 0 Å². The summed E-state index contributed by atoms with van der Waals surface area (Å²) in [5.41, 5.74) is 20.9. The van der Waals surface area contributed by atoms with Crippen molar-refractivity contribution in [2.24, 2.45) is 59.2 Å². The monoisotopic (exact) mass is 1580 g/mol. The Morgan fingerprint density at radius 2 is 0.745 bits per heavy atom. The molecule has 0 bridgehead atoms. The van der Waals surface area contributed by atoms with Gasteiger partial charge in [-0.1, -0.05) is 294 Å². The zero-order chi connectivity index (χ0) is 67.9. The topological polar surface area (TPSA) is 0 Å². The number of halogens is 3. The Hall–Kier alpha value is 2.08. The third kappa shape index (κ3) is 17.3. The van der Waals surface area contributed by atoms with Gasteiger partial charge in [0.15, 0.2) is 0 Å². The van der Waals surface area contributed by atoms with Crippen molar-refractivity contribution in [1.29, 1.82) is 0 Å². The van der Waals surface area contributed by atoms with Crippen LogP contribution in [0.25, 0.3) is 12.2 Å². The molecule has 13 aliphatic rings. The summed E-state index contributed by atoms with van der Waals surface area (Å²) < 4.78 is 0. The fourth-order valence-electron chi connectivity index (χ4n) is 24.4. The maximum absolute atomic E-state index is 6.86. The van der Waals surface area contributed by atoms with E-state index in [9.17, 15) is 0 Å². The van der Waals surface area contributed by atoms with E-state index < -0.39 is 80.9 Å². The molecule has 0 nitrogen and oxygen atoms in total. The van der Waals surface area contributed by atoms with Crippen LogP contribution in [0.4, 0.5) is 0 Å². The molecule has 0 aliphatic heterocycles. The van der Waals surface area contributed by atoms with Gasteiger partial charge in [0.2, 0.25) is 0 Å². The van der Waals surface area contributed by atoms with Gasteiger partial charge >= 0.3 is 75.6 Å². The van der Waals surface area contributed by atoms with Crippen LogP contribution in [-0.4, -0.2) is 60.0 Å². The van der Waals surface area contributed by atoms with Gasteiger partial charge in [-0.15, -0.1) is 0 Å². The normalized spacial score (nSPS) is 33.0. The van der Waals surface area contributed by atoms with E-state index >= 15 is 0 Å². The second-order valence-electron chi connectivity index (χ2n) is 39.6. The van der Waals surface area contributed by atoms with Crippen LogP contribution in [-0.2, 0) is 46.5 Å². The Morgan fingerprint density at radius 3 is 1.09 bits per heavy atom. The van der Waals surface area contributed by atoms with Crippen LogP contribution in [0.3, 0.4) is 0 Å². The van der Waals surface area contributed by atoms with Gasteiger partial charge in [-0.2, -0.15) is 11.1 Å². The summed E-state index contributed by atoms with van der Waals surface area (Å²) in [5, 5.41) is 0. The molecule has 98 heavy (non-hydrogen) atoms. The van der Waals surface area contributed by atoms with Crippen molar-refractivity contribution in [3.05, 3.63) is 120 Å². The smallest absolute Gasteiger partial charge is 1.00 e. The maximum atomic E-state index is 6.86. The zero-order valence-corrected chi connectivity index (χ0v) is 80.4. The summed E-state index contributed by atoms with van der Waals surface area (Å²) in [7, 11) is 1.27. The predicted octanol–water partition coefficient (Wildman–Crippen LogP) is 22.1. The summed E-state index contributed by atoms with van der Waals surface area (Å²) in [4.78, 5) is 0. The summed E-state index contributed by atoms with van der Waals surface area (Å²) in [6.45, 7) is 48.9. The second kappa shape index (κ2) is 34.6. The minimum Gasteiger partial charge on any atom is 1.00 e. The van der Waals surface area contributed by atoms with Crippen LogP contribution >= 0.6 is 28.1 Å². The fourth-order valence-corrected chi connectivity index (χ4v) is 69.8. The molecule has 13 aliphatic carbocycles. The molecule has 17 unspecified atom stereocenters. The molecule has 17 atom stereocenters. The molecule has 0 spiro atoms. The average molecular weight is 1590 g/mol. The standard InChI is InChI=1S/2C22H42Si2.C22H30Si2.C16H23ClSi2.2CH3.2ClH.2Li.Zr/c3*1-16-9-11-20(13-16)23(2,3)24(4,5)22-12-10-19-14-17-7-6-8-18(17)15-21(19)22;1-18(2,19(3,4)17)16-9-8-14-10-12-6-5-7-13(12)11-15(14)16;;;;;;;/h2*16-22H,6-15H2,1-5H3;9-15,20,22H,6-8H2,1-5H3;8-11,16H,5-7H2,1-4H3;2*1H3;2*1H;;;/q;;;;2*-1;;;2*+1;+4/p-2. The van der Waals surface area contributed by atoms with E-state index in [2.05, 4.69) is 192 Å². The number of allylic oxidation sites excluding steroid dienone is 6. The Labute approximate surface area is 661 Å². The molecule has 0 radical (unpaired) electrons. The summed E-state index contributed by atoms with van der Waals surface area (Å²) in [5.74, 6) is 11.3. The van der Waals surface area contributed by atoms with Gasteiger partial charge in [-0.25, -0.2) is 0 Å². The van der Waals surface area contributed by atoms with Crippen molar-refractivity contribution >= 4 is 100 Å². The first-order valence-electron chi connectivity index (χ1n) is 39.8. The van der Waals surface area contributed by atoms with Gasteiger partial charge < -0.3 is 14.9 Å². The molecule has 8 fully saturated rings. The third-order valence-electron chi connectivity index (χ3n) is 33.3. The molecule has 0 saturated heterocycles. The summed E-state index contributed by atoms with van der Waals surface area (Å²) >= 11 is 6.03. The first-order chi connectivity index (χ1) is 44.1. The molecule has 2 aromatic carbocycles. The Balaban J connectivity index is 0.000000180. The first-order valence-corrected chi connectivity index (χ1v) is 75.7. The summed E-state index contributed by atoms with van der Waals surface area (Å²) in [6.07, 6.45) is 56.9. The molecule has 0 heterocycles. The number of benzene rings is 2. The molecule has 15 rings (SSSR count). The Morgan fingerprint density at radius 1 is 0.378 bits per heavy atom. The summed E-state index contributed by atoms with van der Waals surface area (Å²) in [6, 6.07) is 10.1. The molecule has 14 heteroatoms. The Bertz CT molecular complexity index is 3040. The van der Waals surface area contributed by atoms with Gasteiger partial charge in [0.25, 0.3) is 0 Å². The van der Waals surface area contributed by atoms with Crippen LogP contribution in [0.2, 0.25) is 132 Å². The molecule has 0 amide bonds. The van der Waals surface area contributed by atoms with E-state index in [0.717, 1.165) is 75.8 Å². The van der Waals surface area contributed by atoms with E-state index in [1.165, 1.54) is 79.1 Å². The molecule has 8 saturated carbocycles. The molecule has 2 aromatic rings. The zero-order valence-electron chi connectivity index (χ0n) is 67.7. The van der Waals surface area contributed by atoms with Gasteiger partial charge in [-0.3, -0.25) is 0 Å². The number of fused-ring (bicyclic) bond motifs is 8. The molecule has 536 valence electrons. The van der Waals surface area contributed by atoms with E-state index in [-0.39, 0.29) is 52.6 Å². The van der Waals surface area contributed by atoms with Crippen LogP contribution < -0.4 is 37.7 Å². The van der Waals surface area contributed by atoms with Crippen molar-refractivity contribution in [2.45, 2.75) is 331 Å². The molecule has 0 N–H and O–H groups in total. The number of hydrogen-bond donors (Lipinski definition) is 0. The SMILES string of the molecule is CC1=CC([Si](C)(C)[Si](C)(C)C2C=Cc3cc4c(cc32)CCC4)C=C1.CC1CCC([Si](C)(C)[Si](C)(C)C2CCC3CC4CCCC4CC32)C1.CC1CCC([Si](C)(C)[Si](C)(C)C2CCC3CC4CCCC4CC32)C1.C[Si](C)(Cl)[Si](C)(C)C1C=Cc2cc3c(cc21)CCC3.[CH3-].[CH3-].[Cl][Zr+2][Cl].[Li+].[Li+]. The number of rotatable bonds is 11. The second-order valence-corrected chi connectivity index (χ2v) is 110. The number of aryl methyl sites for hydroxylation is 4. The van der Waals surface area contributed by atoms with Crippen molar-refractivity contribution in [1.82, 2.24) is 0 Å². The fraction of sp³-hybridized carbons (Fsp3) is 0.738. The van der Waals surface area contributed by atoms with Crippen LogP contribution in [0, 0.1) is 74.0 Å². The van der Waals surface area contributed by atoms with Gasteiger partial charge in [0, 0.05) is 30.4 Å². The molecule has 0 aromatic heterocycles. The largest absolute Gasteiger partial charge is 1.00 e. The van der Waals surface area contributed by atoms with Crippen molar-refractivity contribution < 1.29 is 58.6 Å². The van der Waals surface area contributed by atoms with Crippen molar-refractivity contribution in [3.8, 4) is 0 Å². The van der Waals surface area contributed by atoms with E-state index in [4.69, 9.17) is 28.1 Å². The predicted molar refractivity (Wildman–Crippen MR) is 451 cm³/mol. The Kier molecular flexibility index (Phi) is 30.8. The quantitative estimate of drug-likeness (QED) is 0.120. The number of hydrogen-bond acceptors (Lipinski definition) is 0.